The molecule has 1 aromatic rings. The number of anilines is 1. The Labute approximate surface area is 158 Å². The summed E-state index contributed by atoms with van der Waals surface area (Å²) in [5, 5.41) is 7.18. The van der Waals surface area contributed by atoms with Gasteiger partial charge < -0.3 is 20.4 Å². The van der Waals surface area contributed by atoms with Crippen LogP contribution in [0.1, 0.15) is 24.8 Å². The van der Waals surface area contributed by atoms with Gasteiger partial charge in [-0.05, 0) is 43.9 Å². The maximum Gasteiger partial charge on any atom is 0.243 e. The molecular formula is C19H25ClN4O2. The zero-order valence-electron chi connectivity index (χ0n) is 15.0. The van der Waals surface area contributed by atoms with Gasteiger partial charge in [0, 0.05) is 42.4 Å². The van der Waals surface area contributed by atoms with Crippen molar-refractivity contribution < 1.29 is 9.59 Å². The van der Waals surface area contributed by atoms with Crippen LogP contribution in [0.25, 0.3) is 0 Å². The molecule has 2 atom stereocenters. The largest absolute Gasteiger partial charge is 0.371 e. The first kappa shape index (κ1) is 17.6. The third-order valence-corrected chi connectivity index (χ3v) is 6.23. The predicted octanol–water partition coefficient (Wildman–Crippen LogP) is 1.31. The molecule has 6 nitrogen and oxygen atoms in total. The van der Waals surface area contributed by atoms with E-state index >= 15 is 0 Å². The van der Waals surface area contributed by atoms with Crippen molar-refractivity contribution in [3.05, 3.63) is 28.8 Å². The van der Waals surface area contributed by atoms with Crippen molar-refractivity contribution in [3.63, 3.8) is 0 Å². The molecule has 140 valence electrons. The summed E-state index contributed by atoms with van der Waals surface area (Å²) in [5.74, 6) is 0.0185. The average Bonchev–Trinajstić information content (AvgIpc) is 3.06. The summed E-state index contributed by atoms with van der Waals surface area (Å²) in [6, 6.07) is 6.59. The molecule has 4 rings (SSSR count). The van der Waals surface area contributed by atoms with Crippen molar-refractivity contribution in [3.8, 4) is 0 Å². The maximum absolute atomic E-state index is 12.0. The smallest absolute Gasteiger partial charge is 0.243 e. The normalized spacial score (nSPS) is 26.8. The Morgan fingerprint density at radius 1 is 1.19 bits per heavy atom. The molecule has 0 aromatic heterocycles. The van der Waals surface area contributed by atoms with Crippen molar-refractivity contribution in [1.29, 1.82) is 0 Å². The molecular weight excluding hydrogens is 352 g/mol. The molecule has 0 radical (unpaired) electrons. The van der Waals surface area contributed by atoms with Gasteiger partial charge in [0.25, 0.3) is 0 Å². The van der Waals surface area contributed by atoms with Crippen LogP contribution in [0.2, 0.25) is 5.02 Å². The molecule has 0 aliphatic carbocycles. The Morgan fingerprint density at radius 3 is 2.65 bits per heavy atom. The number of aryl methyl sites for hydroxylation is 1. The van der Waals surface area contributed by atoms with E-state index in [4.69, 9.17) is 11.6 Å². The molecule has 3 saturated heterocycles. The number of fused-ring (bicyclic) bond motifs is 1. The van der Waals surface area contributed by atoms with E-state index in [1.165, 1.54) is 5.69 Å². The summed E-state index contributed by atoms with van der Waals surface area (Å²) < 4.78 is 0. The van der Waals surface area contributed by atoms with Gasteiger partial charge in [-0.2, -0.15) is 0 Å². The topological polar surface area (TPSA) is 64.7 Å². The van der Waals surface area contributed by atoms with Crippen molar-refractivity contribution in [2.75, 3.05) is 31.1 Å². The van der Waals surface area contributed by atoms with E-state index in [2.05, 4.69) is 27.7 Å². The van der Waals surface area contributed by atoms with E-state index < -0.39 is 0 Å². The van der Waals surface area contributed by atoms with Crippen LogP contribution in [-0.2, 0) is 9.59 Å². The van der Waals surface area contributed by atoms with E-state index in [1.807, 2.05) is 13.0 Å². The lowest BCUT2D eigenvalue weighted by Crippen LogP contribution is -2.55. The minimum absolute atomic E-state index is 0.0139. The number of piperidine rings is 1. The molecule has 2 amide bonds. The number of carbonyl (C=O) groups is 2. The highest BCUT2D eigenvalue weighted by molar-refractivity contribution is 6.31. The van der Waals surface area contributed by atoms with Gasteiger partial charge in [0.15, 0.2) is 0 Å². The van der Waals surface area contributed by atoms with E-state index in [-0.39, 0.29) is 30.4 Å². The second-order valence-corrected chi connectivity index (χ2v) is 7.98. The fourth-order valence-corrected chi connectivity index (χ4v) is 4.45. The van der Waals surface area contributed by atoms with Crippen LogP contribution in [0.4, 0.5) is 5.69 Å². The summed E-state index contributed by atoms with van der Waals surface area (Å²) in [4.78, 5) is 28.0. The number of carbonyl (C=O) groups excluding carboxylic acids is 2. The van der Waals surface area contributed by atoms with Gasteiger partial charge in [-0.1, -0.05) is 17.7 Å². The molecule has 0 spiro atoms. The van der Waals surface area contributed by atoms with Crippen LogP contribution in [0.15, 0.2) is 18.2 Å². The van der Waals surface area contributed by atoms with Gasteiger partial charge in [-0.25, -0.2) is 0 Å². The molecule has 0 saturated carbocycles. The zero-order valence-corrected chi connectivity index (χ0v) is 15.8. The van der Waals surface area contributed by atoms with E-state index in [0.717, 1.165) is 36.5 Å². The van der Waals surface area contributed by atoms with Crippen LogP contribution in [-0.4, -0.2) is 61.0 Å². The van der Waals surface area contributed by atoms with Crippen molar-refractivity contribution in [1.82, 2.24) is 15.5 Å². The Bertz CT molecular complexity index is 693. The first-order chi connectivity index (χ1) is 12.5. The molecule has 3 heterocycles. The number of hydrogen-bond donors (Lipinski definition) is 2. The fourth-order valence-electron chi connectivity index (χ4n) is 4.28. The van der Waals surface area contributed by atoms with Gasteiger partial charge in [0.1, 0.15) is 6.04 Å². The van der Waals surface area contributed by atoms with Crippen LogP contribution < -0.4 is 15.5 Å². The number of nitrogens with one attached hydrogen (secondary N) is 2. The van der Waals surface area contributed by atoms with Crippen LogP contribution >= 0.6 is 11.6 Å². The summed E-state index contributed by atoms with van der Waals surface area (Å²) in [6.45, 7) is 4.76. The van der Waals surface area contributed by atoms with Crippen LogP contribution in [0, 0.1) is 6.92 Å². The third kappa shape index (κ3) is 3.40. The maximum atomic E-state index is 12.0. The van der Waals surface area contributed by atoms with Gasteiger partial charge in [0.05, 0.1) is 6.54 Å². The predicted molar refractivity (Wildman–Crippen MR) is 101 cm³/mol. The molecule has 7 heteroatoms. The quantitative estimate of drug-likeness (QED) is 0.834. The first-order valence-electron chi connectivity index (χ1n) is 9.35. The van der Waals surface area contributed by atoms with E-state index in [9.17, 15) is 9.59 Å². The minimum Gasteiger partial charge on any atom is -0.371 e. The standard InChI is InChI=1S/C19H25ClN4O2/c1-12-2-3-15(9-16(12)20)23-6-4-13(5-7-23)22-14-8-17-19(26)21-10-18(25)24(17)11-14/h2-3,9,13-14,17,22H,4-8,10-11H2,1H3,(H,21,26)/t14-,17+/m1/s1. The van der Waals surface area contributed by atoms with Gasteiger partial charge in [-0.3, -0.25) is 9.59 Å². The Morgan fingerprint density at radius 2 is 1.96 bits per heavy atom. The average molecular weight is 377 g/mol. The van der Waals surface area contributed by atoms with Gasteiger partial charge >= 0.3 is 0 Å². The Kier molecular flexibility index (Phi) is 4.80. The van der Waals surface area contributed by atoms with Crippen molar-refractivity contribution in [2.24, 2.45) is 0 Å². The summed E-state index contributed by atoms with van der Waals surface area (Å²) in [6.07, 6.45) is 2.81. The SMILES string of the molecule is Cc1ccc(N2CCC(N[C@@H]3C[C@H]4C(=O)NCC(=O)N4C3)CC2)cc1Cl. The lowest BCUT2D eigenvalue weighted by Gasteiger charge is -2.35. The molecule has 26 heavy (non-hydrogen) atoms. The molecule has 1 aromatic carbocycles. The molecule has 3 aliphatic heterocycles. The Hall–Kier alpha value is -1.79. The lowest BCUT2D eigenvalue weighted by atomic mass is 10.0. The minimum atomic E-state index is -0.288. The lowest BCUT2D eigenvalue weighted by molar-refractivity contribution is -0.143. The molecule has 2 N–H and O–H groups in total. The number of nitrogens with zero attached hydrogens (tertiary/aromatic N) is 2. The zero-order chi connectivity index (χ0) is 18.3. The van der Waals surface area contributed by atoms with Gasteiger partial charge in [0.2, 0.25) is 11.8 Å². The highest BCUT2D eigenvalue weighted by Crippen LogP contribution is 2.27. The number of rotatable bonds is 3. The van der Waals surface area contributed by atoms with Crippen LogP contribution in [0.3, 0.4) is 0 Å². The second kappa shape index (κ2) is 7.08. The molecule has 3 aliphatic rings. The van der Waals surface area contributed by atoms with Crippen LogP contribution in [0.5, 0.6) is 0 Å². The Balaban J connectivity index is 1.31. The number of benzene rings is 1. The summed E-state index contributed by atoms with van der Waals surface area (Å²) in [5.41, 5.74) is 2.28. The number of halogens is 1. The first-order valence-corrected chi connectivity index (χ1v) is 9.73. The number of hydrogen-bond acceptors (Lipinski definition) is 4. The fraction of sp³-hybridized carbons (Fsp3) is 0.579. The number of amides is 2. The summed E-state index contributed by atoms with van der Waals surface area (Å²) >= 11 is 6.25. The van der Waals surface area contributed by atoms with E-state index in [0.29, 0.717) is 19.0 Å². The van der Waals surface area contributed by atoms with Gasteiger partial charge in [-0.15, -0.1) is 0 Å². The van der Waals surface area contributed by atoms with E-state index in [1.54, 1.807) is 4.90 Å². The highest BCUT2D eigenvalue weighted by atomic mass is 35.5. The number of piperazine rings is 1. The molecule has 3 fully saturated rings. The van der Waals surface area contributed by atoms with Crippen molar-refractivity contribution in [2.45, 2.75) is 44.3 Å². The second-order valence-electron chi connectivity index (χ2n) is 7.57. The summed E-state index contributed by atoms with van der Waals surface area (Å²) in [7, 11) is 0. The molecule has 0 bridgehead atoms. The highest BCUT2D eigenvalue weighted by Gasteiger charge is 2.42. The monoisotopic (exact) mass is 376 g/mol. The molecule has 0 unspecified atom stereocenters. The van der Waals surface area contributed by atoms with Crippen molar-refractivity contribution >= 4 is 29.1 Å². The third-order valence-electron chi connectivity index (χ3n) is 5.82.